The van der Waals surface area contributed by atoms with Crippen molar-refractivity contribution in [1.82, 2.24) is 20.2 Å². The summed E-state index contributed by atoms with van der Waals surface area (Å²) in [6.07, 6.45) is 4.48. The van der Waals surface area contributed by atoms with E-state index in [9.17, 15) is 4.79 Å². The van der Waals surface area contributed by atoms with Crippen molar-refractivity contribution < 1.29 is 4.79 Å². The van der Waals surface area contributed by atoms with Crippen LogP contribution in [0.5, 0.6) is 0 Å². The average Bonchev–Trinajstić information content (AvgIpc) is 2.69. The maximum absolute atomic E-state index is 12.0. The first-order valence-electron chi connectivity index (χ1n) is 9.17. The topological polar surface area (TPSA) is 73.4 Å². The third-order valence-electron chi connectivity index (χ3n) is 4.57. The molecular weight excluding hydrogens is 408 g/mol. The summed E-state index contributed by atoms with van der Waals surface area (Å²) in [7, 11) is 0. The van der Waals surface area contributed by atoms with Gasteiger partial charge in [-0.05, 0) is 43.7 Å². The fraction of sp³-hybridized carbons (Fsp3) is 0.421. The molecule has 1 aromatic carbocycles. The van der Waals surface area contributed by atoms with E-state index in [1.807, 2.05) is 31.2 Å². The van der Waals surface area contributed by atoms with Crippen molar-refractivity contribution >= 4 is 33.6 Å². The van der Waals surface area contributed by atoms with Crippen molar-refractivity contribution in [3.8, 4) is 0 Å². The summed E-state index contributed by atoms with van der Waals surface area (Å²) in [6, 6.07) is 7.44. The smallest absolute Gasteiger partial charge is 0.319 e. The number of benzene rings is 1. The largest absolute Gasteiger partial charge is 0.338 e. The molecule has 0 unspecified atom stereocenters. The van der Waals surface area contributed by atoms with Crippen LogP contribution in [0.3, 0.4) is 0 Å². The van der Waals surface area contributed by atoms with Crippen molar-refractivity contribution in [2.45, 2.75) is 13.3 Å². The van der Waals surface area contributed by atoms with Gasteiger partial charge in [-0.15, -0.1) is 0 Å². The molecule has 1 aliphatic heterocycles. The number of halogens is 1. The van der Waals surface area contributed by atoms with Crippen LogP contribution in [0.25, 0.3) is 0 Å². The summed E-state index contributed by atoms with van der Waals surface area (Å²) >= 11 is 3.47. The van der Waals surface area contributed by atoms with Gasteiger partial charge in [0.15, 0.2) is 0 Å². The Labute approximate surface area is 168 Å². The summed E-state index contributed by atoms with van der Waals surface area (Å²) in [5.74, 6) is 0.804. The molecule has 1 saturated heterocycles. The lowest BCUT2D eigenvalue weighted by Gasteiger charge is -2.34. The van der Waals surface area contributed by atoms with Gasteiger partial charge in [0.05, 0.1) is 0 Å². The van der Waals surface area contributed by atoms with Gasteiger partial charge in [0, 0.05) is 55.3 Å². The zero-order chi connectivity index (χ0) is 19.1. The fourth-order valence-electron chi connectivity index (χ4n) is 2.98. The highest BCUT2D eigenvalue weighted by Crippen LogP contribution is 2.20. The summed E-state index contributed by atoms with van der Waals surface area (Å²) in [4.78, 5) is 25.2. The number of aromatic nitrogens is 2. The number of hydrogen-bond donors (Lipinski definition) is 2. The van der Waals surface area contributed by atoms with Gasteiger partial charge in [0.1, 0.15) is 0 Å². The fourth-order valence-corrected chi connectivity index (χ4v) is 3.36. The molecule has 1 fully saturated rings. The highest BCUT2D eigenvalue weighted by atomic mass is 79.9. The molecule has 2 aromatic rings. The van der Waals surface area contributed by atoms with E-state index in [0.717, 1.165) is 60.8 Å². The first kappa shape index (κ1) is 19.6. The molecule has 2 amide bonds. The Kier molecular flexibility index (Phi) is 7.00. The van der Waals surface area contributed by atoms with Crippen molar-refractivity contribution in [3.63, 3.8) is 0 Å². The second-order valence-corrected chi connectivity index (χ2v) is 7.43. The molecule has 1 aliphatic rings. The summed E-state index contributed by atoms with van der Waals surface area (Å²) in [5.41, 5.74) is 1.92. The predicted octanol–water partition coefficient (Wildman–Crippen LogP) is 2.88. The van der Waals surface area contributed by atoms with Gasteiger partial charge in [0.2, 0.25) is 5.95 Å². The second-order valence-electron chi connectivity index (χ2n) is 6.58. The molecule has 2 heterocycles. The van der Waals surface area contributed by atoms with Crippen LogP contribution in [-0.2, 0) is 0 Å². The maximum Gasteiger partial charge on any atom is 0.319 e. The van der Waals surface area contributed by atoms with E-state index in [4.69, 9.17) is 0 Å². The Morgan fingerprint density at radius 2 is 1.93 bits per heavy atom. The van der Waals surface area contributed by atoms with E-state index < -0.39 is 0 Å². The Morgan fingerprint density at radius 1 is 1.19 bits per heavy atom. The standard InChI is InChI=1S/C19H25BrN6O/c1-15-4-5-16(14-17(15)20)24-19(27)23-8-3-9-25-10-12-26(13-11-25)18-21-6-2-7-22-18/h2,4-7,14H,3,8-13H2,1H3,(H2,23,24,27). The van der Waals surface area contributed by atoms with Crippen LogP contribution in [0.2, 0.25) is 0 Å². The lowest BCUT2D eigenvalue weighted by molar-refractivity contribution is 0.244. The van der Waals surface area contributed by atoms with Crippen LogP contribution in [-0.4, -0.2) is 60.2 Å². The number of amides is 2. The minimum atomic E-state index is -0.170. The Bertz CT molecular complexity index is 749. The van der Waals surface area contributed by atoms with Gasteiger partial charge in [-0.1, -0.05) is 22.0 Å². The van der Waals surface area contributed by atoms with E-state index in [-0.39, 0.29) is 6.03 Å². The third kappa shape index (κ3) is 5.90. The molecule has 2 N–H and O–H groups in total. The molecule has 0 aliphatic carbocycles. The summed E-state index contributed by atoms with van der Waals surface area (Å²) < 4.78 is 0.986. The SMILES string of the molecule is Cc1ccc(NC(=O)NCCCN2CCN(c3ncccn3)CC2)cc1Br. The normalized spacial score (nSPS) is 14.8. The quantitative estimate of drug-likeness (QED) is 0.686. The molecule has 144 valence electrons. The lowest BCUT2D eigenvalue weighted by atomic mass is 10.2. The van der Waals surface area contributed by atoms with Crippen molar-refractivity contribution in [1.29, 1.82) is 0 Å². The van der Waals surface area contributed by atoms with Gasteiger partial charge >= 0.3 is 6.03 Å². The van der Waals surface area contributed by atoms with Crippen molar-refractivity contribution in [2.24, 2.45) is 0 Å². The highest BCUT2D eigenvalue weighted by molar-refractivity contribution is 9.10. The molecule has 8 heteroatoms. The van der Waals surface area contributed by atoms with Crippen LogP contribution in [0.4, 0.5) is 16.4 Å². The number of carbonyl (C=O) groups is 1. The van der Waals surface area contributed by atoms with Crippen molar-refractivity contribution in [3.05, 3.63) is 46.7 Å². The van der Waals surface area contributed by atoms with E-state index in [2.05, 4.69) is 46.3 Å². The van der Waals surface area contributed by atoms with Crippen LogP contribution in [0, 0.1) is 6.92 Å². The number of anilines is 2. The number of carbonyl (C=O) groups excluding carboxylic acids is 1. The first-order valence-corrected chi connectivity index (χ1v) is 9.96. The summed E-state index contributed by atoms with van der Waals surface area (Å²) in [5, 5.41) is 5.78. The van der Waals surface area contributed by atoms with Gasteiger partial charge in [-0.25, -0.2) is 14.8 Å². The number of rotatable bonds is 6. The summed E-state index contributed by atoms with van der Waals surface area (Å²) in [6.45, 7) is 7.48. The van der Waals surface area contributed by atoms with Crippen LogP contribution in [0.1, 0.15) is 12.0 Å². The maximum atomic E-state index is 12.0. The third-order valence-corrected chi connectivity index (χ3v) is 5.43. The molecule has 0 radical (unpaired) electrons. The van der Waals surface area contributed by atoms with E-state index in [1.54, 1.807) is 12.4 Å². The molecule has 0 bridgehead atoms. The number of piperazine rings is 1. The molecular formula is C19H25BrN6O. The molecule has 27 heavy (non-hydrogen) atoms. The molecule has 0 saturated carbocycles. The van der Waals surface area contributed by atoms with Gasteiger partial charge in [0.25, 0.3) is 0 Å². The number of urea groups is 1. The first-order chi connectivity index (χ1) is 13.1. The zero-order valence-corrected chi connectivity index (χ0v) is 17.1. The van der Waals surface area contributed by atoms with Crippen LogP contribution < -0.4 is 15.5 Å². The Hall–Kier alpha value is -2.19. The zero-order valence-electron chi connectivity index (χ0n) is 15.5. The van der Waals surface area contributed by atoms with Gasteiger partial charge in [-0.3, -0.25) is 4.90 Å². The number of nitrogens with zero attached hydrogens (tertiary/aromatic N) is 4. The van der Waals surface area contributed by atoms with Gasteiger partial charge < -0.3 is 15.5 Å². The molecule has 7 nitrogen and oxygen atoms in total. The molecule has 0 atom stereocenters. The monoisotopic (exact) mass is 432 g/mol. The lowest BCUT2D eigenvalue weighted by Crippen LogP contribution is -2.47. The molecule has 1 aromatic heterocycles. The van der Waals surface area contributed by atoms with E-state index >= 15 is 0 Å². The van der Waals surface area contributed by atoms with Crippen LogP contribution in [0.15, 0.2) is 41.1 Å². The Morgan fingerprint density at radius 3 is 2.63 bits per heavy atom. The second kappa shape index (κ2) is 9.66. The predicted molar refractivity (Wildman–Crippen MR) is 111 cm³/mol. The van der Waals surface area contributed by atoms with Crippen molar-refractivity contribution in [2.75, 3.05) is 49.5 Å². The molecule has 0 spiro atoms. The number of aryl methyl sites for hydroxylation is 1. The van der Waals surface area contributed by atoms with Crippen LogP contribution >= 0.6 is 15.9 Å². The minimum absolute atomic E-state index is 0.170. The van der Waals surface area contributed by atoms with E-state index in [1.165, 1.54) is 0 Å². The number of nitrogens with one attached hydrogen (secondary N) is 2. The molecule has 3 rings (SSSR count). The minimum Gasteiger partial charge on any atom is -0.338 e. The highest BCUT2D eigenvalue weighted by Gasteiger charge is 2.18. The van der Waals surface area contributed by atoms with Gasteiger partial charge in [-0.2, -0.15) is 0 Å². The van der Waals surface area contributed by atoms with E-state index in [0.29, 0.717) is 6.54 Å². The average molecular weight is 433 g/mol. The Balaban J connectivity index is 1.31. The number of hydrogen-bond acceptors (Lipinski definition) is 5.